The van der Waals surface area contributed by atoms with Gasteiger partial charge in [-0.3, -0.25) is 4.57 Å². The van der Waals surface area contributed by atoms with Crippen molar-refractivity contribution < 1.29 is 4.84 Å². The number of thiazole rings is 1. The average molecular weight is 297 g/mol. The first-order valence-electron chi connectivity index (χ1n) is 6.61. The topological polar surface area (TPSA) is 39.4 Å². The summed E-state index contributed by atoms with van der Waals surface area (Å²) in [6, 6.07) is 12.1. The molecule has 0 spiro atoms. The van der Waals surface area contributed by atoms with E-state index in [0.29, 0.717) is 6.61 Å². The van der Waals surface area contributed by atoms with Crippen LogP contribution in [0.3, 0.4) is 0 Å². The molecule has 0 saturated carbocycles. The van der Waals surface area contributed by atoms with E-state index in [1.165, 1.54) is 5.56 Å². The van der Waals surface area contributed by atoms with Crippen LogP contribution in [0.15, 0.2) is 59.3 Å². The molecule has 1 aromatic carbocycles. The van der Waals surface area contributed by atoms with E-state index in [2.05, 4.69) is 23.1 Å². The number of hydrogen-bond donors (Lipinski definition) is 0. The van der Waals surface area contributed by atoms with Gasteiger partial charge in [-0.25, -0.2) is 4.98 Å². The summed E-state index contributed by atoms with van der Waals surface area (Å²) >= 11 is 1.58. The zero-order valence-corrected chi connectivity index (χ0v) is 12.5. The summed E-state index contributed by atoms with van der Waals surface area (Å²) in [6.07, 6.45) is 5.46. The van der Waals surface area contributed by atoms with Crippen LogP contribution in [0.4, 0.5) is 0 Å². The maximum absolute atomic E-state index is 5.39. The molecule has 0 radical (unpaired) electrons. The van der Waals surface area contributed by atoms with Crippen molar-refractivity contribution in [3.05, 3.63) is 71.0 Å². The molecular formula is C16H15N3OS. The zero-order chi connectivity index (χ0) is 14.5. The van der Waals surface area contributed by atoms with Crippen LogP contribution >= 0.6 is 11.3 Å². The summed E-state index contributed by atoms with van der Waals surface area (Å²) in [5.74, 6) is 0. The highest BCUT2D eigenvalue weighted by Gasteiger charge is 2.03. The highest BCUT2D eigenvalue weighted by atomic mass is 32.1. The molecule has 0 bridgehead atoms. The zero-order valence-electron chi connectivity index (χ0n) is 11.6. The molecule has 21 heavy (non-hydrogen) atoms. The van der Waals surface area contributed by atoms with Gasteiger partial charge >= 0.3 is 0 Å². The van der Waals surface area contributed by atoms with Crippen LogP contribution in [0.1, 0.15) is 16.8 Å². The van der Waals surface area contributed by atoms with Gasteiger partial charge in [-0.1, -0.05) is 29.4 Å². The first-order valence-corrected chi connectivity index (χ1v) is 7.49. The number of hydrogen-bond acceptors (Lipinski definition) is 4. The van der Waals surface area contributed by atoms with Crippen LogP contribution in [0.5, 0.6) is 0 Å². The molecule has 4 nitrogen and oxygen atoms in total. The monoisotopic (exact) mass is 297 g/mol. The van der Waals surface area contributed by atoms with E-state index in [1.807, 2.05) is 46.5 Å². The van der Waals surface area contributed by atoms with Gasteiger partial charge in [-0.15, -0.1) is 11.3 Å². The Bertz CT molecular complexity index is 732. The Kier molecular flexibility index (Phi) is 4.12. The lowest BCUT2D eigenvalue weighted by Crippen LogP contribution is -1.97. The third-order valence-electron chi connectivity index (χ3n) is 3.15. The first-order chi connectivity index (χ1) is 10.3. The Morgan fingerprint density at radius 2 is 2.19 bits per heavy atom. The van der Waals surface area contributed by atoms with Crippen LogP contribution in [-0.2, 0) is 11.4 Å². The predicted octanol–water partition coefficient (Wildman–Crippen LogP) is 3.79. The quantitative estimate of drug-likeness (QED) is 0.531. The van der Waals surface area contributed by atoms with Crippen molar-refractivity contribution in [1.29, 1.82) is 0 Å². The number of oxime groups is 1. The van der Waals surface area contributed by atoms with Gasteiger partial charge in [0.05, 0.1) is 11.9 Å². The van der Waals surface area contributed by atoms with Crippen molar-refractivity contribution >= 4 is 17.6 Å². The second kappa shape index (κ2) is 6.37. The van der Waals surface area contributed by atoms with Crippen LogP contribution < -0.4 is 0 Å². The fourth-order valence-electron chi connectivity index (χ4n) is 1.98. The minimum atomic E-state index is 0.473. The number of aryl methyl sites for hydroxylation is 1. The average Bonchev–Trinajstić information content (AvgIpc) is 3.16. The van der Waals surface area contributed by atoms with E-state index in [9.17, 15) is 0 Å². The molecule has 0 atom stereocenters. The molecule has 3 rings (SSSR count). The molecule has 2 heterocycles. The van der Waals surface area contributed by atoms with Crippen LogP contribution in [0.2, 0.25) is 0 Å². The van der Waals surface area contributed by atoms with E-state index in [1.54, 1.807) is 23.7 Å². The minimum Gasteiger partial charge on any atom is -0.391 e. The van der Waals surface area contributed by atoms with Crippen molar-refractivity contribution in [2.45, 2.75) is 13.5 Å². The smallest absolute Gasteiger partial charge is 0.193 e. The first kappa shape index (κ1) is 13.6. The molecule has 106 valence electrons. The van der Waals surface area contributed by atoms with Crippen molar-refractivity contribution in [1.82, 2.24) is 9.55 Å². The van der Waals surface area contributed by atoms with Gasteiger partial charge in [-0.05, 0) is 30.2 Å². The van der Waals surface area contributed by atoms with E-state index < -0.39 is 0 Å². The third-order valence-corrected chi connectivity index (χ3v) is 3.92. The summed E-state index contributed by atoms with van der Waals surface area (Å²) in [7, 11) is 0. The van der Waals surface area contributed by atoms with Gasteiger partial charge in [0.15, 0.2) is 5.13 Å². The Labute approximate surface area is 127 Å². The molecule has 0 saturated heterocycles. The van der Waals surface area contributed by atoms with E-state index in [4.69, 9.17) is 4.84 Å². The number of rotatable bonds is 5. The van der Waals surface area contributed by atoms with Gasteiger partial charge in [0.25, 0.3) is 0 Å². The SMILES string of the molecule is Cc1ccccc1CO/N=C\c1cccn1-c1nccs1. The van der Waals surface area contributed by atoms with Crippen molar-refractivity contribution in [2.75, 3.05) is 0 Å². The minimum absolute atomic E-state index is 0.473. The van der Waals surface area contributed by atoms with Crippen LogP contribution in [0.25, 0.3) is 5.13 Å². The Morgan fingerprint density at radius 1 is 1.29 bits per heavy atom. The molecule has 0 fully saturated rings. The number of nitrogens with zero attached hydrogens (tertiary/aromatic N) is 3. The fourth-order valence-corrected chi connectivity index (χ4v) is 2.62. The molecule has 5 heteroatoms. The molecule has 0 aliphatic heterocycles. The fraction of sp³-hybridized carbons (Fsp3) is 0.125. The Balaban J connectivity index is 1.65. The highest BCUT2D eigenvalue weighted by Crippen LogP contribution is 2.14. The lowest BCUT2D eigenvalue weighted by Gasteiger charge is -2.04. The van der Waals surface area contributed by atoms with Gasteiger partial charge < -0.3 is 4.84 Å². The van der Waals surface area contributed by atoms with Crippen LogP contribution in [-0.4, -0.2) is 15.8 Å². The van der Waals surface area contributed by atoms with Crippen molar-refractivity contribution in [2.24, 2.45) is 5.16 Å². The third kappa shape index (κ3) is 3.20. The normalized spacial score (nSPS) is 11.1. The van der Waals surface area contributed by atoms with Crippen molar-refractivity contribution in [3.8, 4) is 5.13 Å². The standard InChI is InChI=1S/C16H15N3OS/c1-13-5-2-3-6-14(13)12-20-18-11-15-7-4-9-19(15)16-17-8-10-21-16/h2-11H,12H2,1H3/b18-11-. The summed E-state index contributed by atoms with van der Waals surface area (Å²) in [4.78, 5) is 9.67. The van der Waals surface area contributed by atoms with Crippen LogP contribution in [0, 0.1) is 6.92 Å². The molecule has 3 aromatic rings. The summed E-state index contributed by atoms with van der Waals surface area (Å²) < 4.78 is 1.98. The van der Waals surface area contributed by atoms with Gasteiger partial charge in [0.2, 0.25) is 0 Å². The highest BCUT2D eigenvalue weighted by molar-refractivity contribution is 7.12. The largest absolute Gasteiger partial charge is 0.391 e. The second-order valence-corrected chi connectivity index (χ2v) is 5.43. The lowest BCUT2D eigenvalue weighted by atomic mass is 10.1. The van der Waals surface area contributed by atoms with Gasteiger partial charge in [0, 0.05) is 17.8 Å². The molecule has 2 aromatic heterocycles. The molecule has 0 unspecified atom stereocenters. The van der Waals surface area contributed by atoms with E-state index in [-0.39, 0.29) is 0 Å². The number of benzene rings is 1. The molecule has 0 aliphatic rings. The molecule has 0 aliphatic carbocycles. The summed E-state index contributed by atoms with van der Waals surface area (Å²) in [5.41, 5.74) is 3.29. The Morgan fingerprint density at radius 3 is 3.00 bits per heavy atom. The maximum Gasteiger partial charge on any atom is 0.193 e. The van der Waals surface area contributed by atoms with E-state index in [0.717, 1.165) is 16.4 Å². The van der Waals surface area contributed by atoms with E-state index >= 15 is 0 Å². The van der Waals surface area contributed by atoms with Gasteiger partial charge in [-0.2, -0.15) is 0 Å². The Hall–Kier alpha value is -2.40. The summed E-state index contributed by atoms with van der Waals surface area (Å²) in [6.45, 7) is 2.54. The second-order valence-electron chi connectivity index (χ2n) is 4.55. The maximum atomic E-state index is 5.39. The molecule has 0 amide bonds. The predicted molar refractivity (Wildman–Crippen MR) is 85.0 cm³/mol. The van der Waals surface area contributed by atoms with Crippen molar-refractivity contribution in [3.63, 3.8) is 0 Å². The molecule has 0 N–H and O–H groups in total. The van der Waals surface area contributed by atoms with Gasteiger partial charge in [0.1, 0.15) is 6.61 Å². The lowest BCUT2D eigenvalue weighted by molar-refractivity contribution is 0.131. The number of aromatic nitrogens is 2. The molecular weight excluding hydrogens is 282 g/mol. The summed E-state index contributed by atoms with van der Waals surface area (Å²) in [5, 5.41) is 6.92.